The van der Waals surface area contributed by atoms with E-state index in [-0.39, 0.29) is 11.4 Å². The molecule has 158 valence electrons. The average molecular weight is 383 g/mol. The third-order valence-corrected chi connectivity index (χ3v) is 4.56. The molecule has 0 spiro atoms. The Morgan fingerprint density at radius 3 is 2.41 bits per heavy atom. The number of nitrogens with zero attached hydrogens (tertiary/aromatic N) is 2. The SMILES string of the molecule is CCNC(=NCCCCOC1CCCCCC1)N(C)CC(=O)NC(C)(C)C. The van der Waals surface area contributed by atoms with Crippen LogP contribution in [0.4, 0.5) is 0 Å². The highest BCUT2D eigenvalue weighted by Gasteiger charge is 2.16. The standard InChI is InChI=1S/C21H42N4O2/c1-6-22-20(25(5)17-19(26)24-21(2,3)4)23-15-11-12-16-27-18-13-9-7-8-10-14-18/h18H,6-17H2,1-5H3,(H,22,23)(H,24,26). The first kappa shape index (κ1) is 23.7. The number of carbonyl (C=O) groups is 1. The Morgan fingerprint density at radius 1 is 1.15 bits per heavy atom. The third kappa shape index (κ3) is 11.9. The van der Waals surface area contributed by atoms with Crippen molar-refractivity contribution in [2.45, 2.75) is 90.7 Å². The van der Waals surface area contributed by atoms with Gasteiger partial charge < -0.3 is 20.3 Å². The van der Waals surface area contributed by atoms with Gasteiger partial charge in [0.15, 0.2) is 5.96 Å². The minimum absolute atomic E-state index is 0.00685. The van der Waals surface area contributed by atoms with E-state index in [2.05, 4.69) is 15.6 Å². The van der Waals surface area contributed by atoms with Crippen LogP contribution in [0.2, 0.25) is 0 Å². The Morgan fingerprint density at radius 2 is 1.81 bits per heavy atom. The second kappa shape index (κ2) is 13.0. The molecule has 0 saturated heterocycles. The number of amides is 1. The zero-order valence-corrected chi connectivity index (χ0v) is 18.3. The van der Waals surface area contributed by atoms with E-state index in [4.69, 9.17) is 4.74 Å². The van der Waals surface area contributed by atoms with Crippen LogP contribution in [-0.2, 0) is 9.53 Å². The zero-order chi connectivity index (χ0) is 20.1. The number of ether oxygens (including phenoxy) is 1. The van der Waals surface area contributed by atoms with Gasteiger partial charge in [-0.1, -0.05) is 25.7 Å². The minimum atomic E-state index is -0.217. The molecule has 1 aliphatic carbocycles. The van der Waals surface area contributed by atoms with Crippen LogP contribution < -0.4 is 10.6 Å². The van der Waals surface area contributed by atoms with Gasteiger partial charge in [0.05, 0.1) is 12.6 Å². The summed E-state index contributed by atoms with van der Waals surface area (Å²) >= 11 is 0. The second-order valence-corrected chi connectivity index (χ2v) is 8.58. The Bertz CT molecular complexity index is 438. The number of rotatable bonds is 9. The summed E-state index contributed by atoms with van der Waals surface area (Å²) in [6.45, 7) is 10.7. The fourth-order valence-electron chi connectivity index (χ4n) is 3.28. The number of likely N-dealkylation sites (N-methyl/N-ethyl adjacent to an activating group) is 1. The van der Waals surface area contributed by atoms with Gasteiger partial charge in [0.1, 0.15) is 0 Å². The maximum absolute atomic E-state index is 12.1. The predicted octanol–water partition coefficient (Wildman–Crippen LogP) is 3.32. The lowest BCUT2D eigenvalue weighted by Crippen LogP contribution is -2.48. The number of guanidine groups is 1. The van der Waals surface area contributed by atoms with Crippen LogP contribution in [0.5, 0.6) is 0 Å². The van der Waals surface area contributed by atoms with Gasteiger partial charge in [-0.15, -0.1) is 0 Å². The third-order valence-electron chi connectivity index (χ3n) is 4.56. The van der Waals surface area contributed by atoms with Crippen LogP contribution in [0.25, 0.3) is 0 Å². The van der Waals surface area contributed by atoms with Crippen molar-refractivity contribution in [3.05, 3.63) is 0 Å². The maximum Gasteiger partial charge on any atom is 0.240 e. The molecule has 6 nitrogen and oxygen atoms in total. The molecule has 1 amide bonds. The van der Waals surface area contributed by atoms with Crippen molar-refractivity contribution in [1.29, 1.82) is 0 Å². The fraction of sp³-hybridized carbons (Fsp3) is 0.905. The van der Waals surface area contributed by atoms with Crippen molar-refractivity contribution in [1.82, 2.24) is 15.5 Å². The molecule has 0 bridgehead atoms. The lowest BCUT2D eigenvalue weighted by Gasteiger charge is -2.25. The Kier molecular flexibility index (Phi) is 11.4. The molecule has 0 aromatic carbocycles. The van der Waals surface area contributed by atoms with Crippen LogP contribution in [0.1, 0.15) is 79.1 Å². The summed E-state index contributed by atoms with van der Waals surface area (Å²) in [5.41, 5.74) is -0.217. The summed E-state index contributed by atoms with van der Waals surface area (Å²) < 4.78 is 6.04. The average Bonchev–Trinajstić information content (AvgIpc) is 2.83. The Balaban J connectivity index is 2.29. The molecule has 27 heavy (non-hydrogen) atoms. The molecule has 0 heterocycles. The van der Waals surface area contributed by atoms with Gasteiger partial charge in [-0.3, -0.25) is 9.79 Å². The molecular weight excluding hydrogens is 340 g/mol. The quantitative estimate of drug-likeness (QED) is 0.278. The largest absolute Gasteiger partial charge is 0.378 e. The monoisotopic (exact) mass is 382 g/mol. The number of aliphatic imine (C=N–C) groups is 1. The van der Waals surface area contributed by atoms with Crippen molar-refractivity contribution < 1.29 is 9.53 Å². The van der Waals surface area contributed by atoms with Gasteiger partial charge in [-0.05, 0) is 53.4 Å². The van der Waals surface area contributed by atoms with Crippen LogP contribution in [-0.4, -0.2) is 61.7 Å². The molecule has 0 radical (unpaired) electrons. The topological polar surface area (TPSA) is 66.0 Å². The van der Waals surface area contributed by atoms with E-state index in [1.807, 2.05) is 39.6 Å². The molecule has 0 unspecified atom stereocenters. The first-order valence-electron chi connectivity index (χ1n) is 10.7. The molecule has 1 saturated carbocycles. The lowest BCUT2D eigenvalue weighted by molar-refractivity contribution is -0.122. The molecule has 0 aliphatic heterocycles. The van der Waals surface area contributed by atoms with Gasteiger partial charge >= 0.3 is 0 Å². The van der Waals surface area contributed by atoms with E-state index in [0.29, 0.717) is 12.6 Å². The molecule has 0 aromatic rings. The van der Waals surface area contributed by atoms with Crippen molar-refractivity contribution >= 4 is 11.9 Å². The van der Waals surface area contributed by atoms with Crippen LogP contribution in [0.15, 0.2) is 4.99 Å². The Labute approximate surface area is 166 Å². The van der Waals surface area contributed by atoms with Gasteiger partial charge in [-0.2, -0.15) is 0 Å². The van der Waals surface area contributed by atoms with Crippen LogP contribution >= 0.6 is 0 Å². The number of nitrogens with one attached hydrogen (secondary N) is 2. The van der Waals surface area contributed by atoms with Crippen molar-refractivity contribution in [3.63, 3.8) is 0 Å². The summed E-state index contributed by atoms with van der Waals surface area (Å²) in [5.74, 6) is 0.790. The number of carbonyl (C=O) groups excluding carboxylic acids is 1. The van der Waals surface area contributed by atoms with Crippen molar-refractivity contribution in [3.8, 4) is 0 Å². The zero-order valence-electron chi connectivity index (χ0n) is 18.3. The summed E-state index contributed by atoms with van der Waals surface area (Å²) in [5, 5.41) is 6.25. The van der Waals surface area contributed by atoms with E-state index in [1.165, 1.54) is 38.5 Å². The molecule has 6 heteroatoms. The summed E-state index contributed by atoms with van der Waals surface area (Å²) in [6.07, 6.45) is 10.3. The molecule has 1 aliphatic rings. The number of hydrogen-bond acceptors (Lipinski definition) is 3. The summed E-state index contributed by atoms with van der Waals surface area (Å²) in [4.78, 5) is 18.7. The molecule has 2 N–H and O–H groups in total. The van der Waals surface area contributed by atoms with E-state index >= 15 is 0 Å². The number of hydrogen-bond donors (Lipinski definition) is 2. The van der Waals surface area contributed by atoms with E-state index in [0.717, 1.165) is 38.5 Å². The molecular formula is C21H42N4O2. The minimum Gasteiger partial charge on any atom is -0.378 e. The van der Waals surface area contributed by atoms with Gasteiger partial charge in [-0.25, -0.2) is 0 Å². The molecule has 0 atom stereocenters. The smallest absolute Gasteiger partial charge is 0.240 e. The predicted molar refractivity (Wildman–Crippen MR) is 113 cm³/mol. The van der Waals surface area contributed by atoms with E-state index in [1.54, 1.807) is 0 Å². The normalized spacial score (nSPS) is 16.7. The van der Waals surface area contributed by atoms with Crippen LogP contribution in [0, 0.1) is 0 Å². The highest BCUT2D eigenvalue weighted by molar-refractivity contribution is 5.86. The summed E-state index contributed by atoms with van der Waals surface area (Å²) in [7, 11) is 1.90. The second-order valence-electron chi connectivity index (χ2n) is 8.58. The first-order valence-corrected chi connectivity index (χ1v) is 10.7. The maximum atomic E-state index is 12.1. The van der Waals surface area contributed by atoms with Gasteiger partial charge in [0.2, 0.25) is 5.91 Å². The number of unbranched alkanes of at least 4 members (excludes halogenated alkanes) is 1. The lowest BCUT2D eigenvalue weighted by atomic mass is 10.1. The molecule has 0 aromatic heterocycles. The van der Waals surface area contributed by atoms with Gasteiger partial charge in [0, 0.05) is 32.3 Å². The molecule has 1 rings (SSSR count). The highest BCUT2D eigenvalue weighted by Crippen LogP contribution is 2.19. The van der Waals surface area contributed by atoms with Crippen molar-refractivity contribution in [2.75, 3.05) is 33.3 Å². The first-order chi connectivity index (χ1) is 12.8. The Hall–Kier alpha value is -1.30. The van der Waals surface area contributed by atoms with E-state index < -0.39 is 0 Å². The van der Waals surface area contributed by atoms with Crippen LogP contribution in [0.3, 0.4) is 0 Å². The fourth-order valence-corrected chi connectivity index (χ4v) is 3.28. The summed E-state index contributed by atoms with van der Waals surface area (Å²) in [6, 6.07) is 0. The molecule has 1 fully saturated rings. The van der Waals surface area contributed by atoms with E-state index in [9.17, 15) is 4.79 Å². The van der Waals surface area contributed by atoms with Gasteiger partial charge in [0.25, 0.3) is 0 Å². The van der Waals surface area contributed by atoms with Crippen molar-refractivity contribution in [2.24, 2.45) is 4.99 Å². The highest BCUT2D eigenvalue weighted by atomic mass is 16.5.